The van der Waals surface area contributed by atoms with Crippen LogP contribution in [0.2, 0.25) is 0 Å². The molecule has 0 bridgehead atoms. The molecule has 0 fully saturated rings. The van der Waals surface area contributed by atoms with Gasteiger partial charge in [-0.3, -0.25) is 9.10 Å². The number of carbonyl (C=O) groups excluding carboxylic acids is 1. The van der Waals surface area contributed by atoms with Gasteiger partial charge in [-0.2, -0.15) is 0 Å². The van der Waals surface area contributed by atoms with Crippen molar-refractivity contribution in [3.8, 4) is 0 Å². The van der Waals surface area contributed by atoms with Crippen LogP contribution in [0.1, 0.15) is 46.4 Å². The Bertz CT molecular complexity index is 950. The summed E-state index contributed by atoms with van der Waals surface area (Å²) < 4.78 is 25.1. The van der Waals surface area contributed by atoms with Crippen molar-refractivity contribution in [3.63, 3.8) is 0 Å². The summed E-state index contributed by atoms with van der Waals surface area (Å²) in [5, 5.41) is 3.08. The van der Waals surface area contributed by atoms with E-state index in [1.807, 2.05) is 26.8 Å². The number of sulfonamides is 1. The molecule has 2 aromatic carbocycles. The fourth-order valence-electron chi connectivity index (χ4n) is 3.19. The molecule has 0 aromatic heterocycles. The zero-order valence-corrected chi connectivity index (χ0v) is 17.7. The molecule has 1 amide bonds. The SMILES string of the molecule is C=CCN(c1ccc(C(=O)N[C@H](CC)c2ccc(C)cc2C)cc1)S(C)(=O)=O. The van der Waals surface area contributed by atoms with E-state index in [-0.39, 0.29) is 18.5 Å². The lowest BCUT2D eigenvalue weighted by Crippen LogP contribution is -2.30. The Morgan fingerprint density at radius 2 is 1.82 bits per heavy atom. The molecule has 0 aliphatic heterocycles. The van der Waals surface area contributed by atoms with Crippen LogP contribution in [0, 0.1) is 13.8 Å². The van der Waals surface area contributed by atoms with E-state index in [2.05, 4.69) is 24.0 Å². The van der Waals surface area contributed by atoms with Crippen LogP contribution in [0.15, 0.2) is 55.1 Å². The van der Waals surface area contributed by atoms with Crippen molar-refractivity contribution in [1.82, 2.24) is 5.32 Å². The van der Waals surface area contributed by atoms with Crippen LogP contribution in [0.3, 0.4) is 0 Å². The third-order valence-corrected chi connectivity index (χ3v) is 5.79. The topological polar surface area (TPSA) is 66.5 Å². The Balaban J connectivity index is 2.21. The number of nitrogens with one attached hydrogen (secondary N) is 1. The molecule has 0 heterocycles. The first-order chi connectivity index (χ1) is 13.2. The van der Waals surface area contributed by atoms with Crippen LogP contribution in [0.4, 0.5) is 5.69 Å². The second-order valence-corrected chi connectivity index (χ2v) is 8.83. The van der Waals surface area contributed by atoms with Gasteiger partial charge in [-0.15, -0.1) is 6.58 Å². The van der Waals surface area contributed by atoms with Crippen molar-refractivity contribution < 1.29 is 13.2 Å². The van der Waals surface area contributed by atoms with Gasteiger partial charge in [0.25, 0.3) is 5.91 Å². The zero-order chi connectivity index (χ0) is 20.9. The number of anilines is 1. The number of carbonyl (C=O) groups is 1. The van der Waals surface area contributed by atoms with Crippen molar-refractivity contribution in [1.29, 1.82) is 0 Å². The number of aryl methyl sites for hydroxylation is 2. The molecule has 0 spiro atoms. The third kappa shape index (κ3) is 5.23. The molecule has 28 heavy (non-hydrogen) atoms. The summed E-state index contributed by atoms with van der Waals surface area (Å²) in [5.41, 5.74) is 4.43. The minimum Gasteiger partial charge on any atom is -0.345 e. The van der Waals surface area contributed by atoms with E-state index in [1.165, 1.54) is 15.9 Å². The third-order valence-electron chi connectivity index (χ3n) is 4.63. The summed E-state index contributed by atoms with van der Waals surface area (Å²) in [4.78, 5) is 12.7. The molecule has 1 N–H and O–H groups in total. The van der Waals surface area contributed by atoms with Crippen molar-refractivity contribution in [2.24, 2.45) is 0 Å². The van der Waals surface area contributed by atoms with Gasteiger partial charge in [0.05, 0.1) is 24.5 Å². The predicted octanol–water partition coefficient (Wildman–Crippen LogP) is 4.14. The molecule has 1 atom stereocenters. The molecule has 0 aliphatic carbocycles. The van der Waals surface area contributed by atoms with Crippen LogP contribution in [-0.4, -0.2) is 27.1 Å². The number of hydrogen-bond acceptors (Lipinski definition) is 3. The average molecular weight is 401 g/mol. The van der Waals surface area contributed by atoms with Gasteiger partial charge in [0.15, 0.2) is 0 Å². The van der Waals surface area contributed by atoms with Crippen LogP contribution < -0.4 is 9.62 Å². The van der Waals surface area contributed by atoms with Gasteiger partial charge < -0.3 is 5.32 Å². The largest absolute Gasteiger partial charge is 0.345 e. The summed E-state index contributed by atoms with van der Waals surface area (Å²) in [7, 11) is -3.42. The number of amides is 1. The number of benzene rings is 2. The lowest BCUT2D eigenvalue weighted by Gasteiger charge is -2.22. The van der Waals surface area contributed by atoms with E-state index in [4.69, 9.17) is 0 Å². The number of hydrogen-bond donors (Lipinski definition) is 1. The Hall–Kier alpha value is -2.60. The Morgan fingerprint density at radius 1 is 1.18 bits per heavy atom. The summed E-state index contributed by atoms with van der Waals surface area (Å²) >= 11 is 0. The van der Waals surface area contributed by atoms with Crippen LogP contribution >= 0.6 is 0 Å². The zero-order valence-electron chi connectivity index (χ0n) is 16.9. The summed E-state index contributed by atoms with van der Waals surface area (Å²) in [6, 6.07) is 12.7. The van der Waals surface area contributed by atoms with E-state index < -0.39 is 10.0 Å². The minimum absolute atomic E-state index is 0.0824. The molecule has 0 radical (unpaired) electrons. The first kappa shape index (κ1) is 21.7. The summed E-state index contributed by atoms with van der Waals surface area (Å²) in [5.74, 6) is -0.187. The lowest BCUT2D eigenvalue weighted by molar-refractivity contribution is 0.0935. The fourth-order valence-corrected chi connectivity index (χ4v) is 4.07. The maximum Gasteiger partial charge on any atom is 0.251 e. The number of rotatable bonds is 8. The molecule has 0 aliphatic rings. The van der Waals surface area contributed by atoms with Gasteiger partial charge in [0, 0.05) is 5.56 Å². The van der Waals surface area contributed by atoms with Crippen LogP contribution in [-0.2, 0) is 10.0 Å². The number of nitrogens with zero attached hydrogens (tertiary/aromatic N) is 1. The highest BCUT2D eigenvalue weighted by Crippen LogP contribution is 2.23. The minimum atomic E-state index is -3.42. The van der Waals surface area contributed by atoms with E-state index in [1.54, 1.807) is 24.3 Å². The summed E-state index contributed by atoms with van der Waals surface area (Å²) in [6.45, 7) is 9.90. The highest BCUT2D eigenvalue weighted by molar-refractivity contribution is 7.92. The van der Waals surface area contributed by atoms with Crippen molar-refractivity contribution in [2.75, 3.05) is 17.1 Å². The van der Waals surface area contributed by atoms with Gasteiger partial charge in [-0.1, -0.05) is 36.8 Å². The highest BCUT2D eigenvalue weighted by atomic mass is 32.2. The van der Waals surface area contributed by atoms with Gasteiger partial charge in [-0.25, -0.2) is 8.42 Å². The second-order valence-electron chi connectivity index (χ2n) is 6.92. The van der Waals surface area contributed by atoms with Crippen molar-refractivity contribution in [2.45, 2.75) is 33.2 Å². The Labute approximate surface area is 168 Å². The lowest BCUT2D eigenvalue weighted by atomic mass is 9.97. The van der Waals surface area contributed by atoms with Gasteiger partial charge in [0.2, 0.25) is 10.0 Å². The second kappa shape index (κ2) is 9.06. The Kier molecular flexibility index (Phi) is 7.02. The molecule has 2 rings (SSSR count). The quantitative estimate of drug-likeness (QED) is 0.677. The monoisotopic (exact) mass is 400 g/mol. The van der Waals surface area contributed by atoms with Crippen molar-refractivity contribution in [3.05, 3.63) is 77.4 Å². The molecule has 150 valence electrons. The van der Waals surface area contributed by atoms with E-state index in [0.717, 1.165) is 23.8 Å². The van der Waals surface area contributed by atoms with Gasteiger partial charge in [-0.05, 0) is 55.7 Å². The molecule has 0 saturated carbocycles. The molecule has 5 nitrogen and oxygen atoms in total. The summed E-state index contributed by atoms with van der Waals surface area (Å²) in [6.07, 6.45) is 3.44. The van der Waals surface area contributed by atoms with Gasteiger partial charge in [0.1, 0.15) is 0 Å². The smallest absolute Gasteiger partial charge is 0.251 e. The van der Waals surface area contributed by atoms with E-state index in [0.29, 0.717) is 11.3 Å². The predicted molar refractivity (Wildman–Crippen MR) is 115 cm³/mol. The Morgan fingerprint density at radius 3 is 2.32 bits per heavy atom. The van der Waals surface area contributed by atoms with E-state index >= 15 is 0 Å². The standard InChI is InChI=1S/C22H28N2O3S/c1-6-14-24(28(5,26)27)19-11-9-18(10-12-19)22(25)23-21(7-2)20-13-8-16(3)15-17(20)4/h6,8-13,15,21H,1,7,14H2,2-5H3,(H,23,25)/t21-/m1/s1. The fraction of sp³-hybridized carbons (Fsp3) is 0.318. The maximum atomic E-state index is 12.7. The average Bonchev–Trinajstić information content (AvgIpc) is 2.63. The molecule has 6 heteroatoms. The molecular weight excluding hydrogens is 372 g/mol. The molecule has 2 aromatic rings. The molecular formula is C22H28N2O3S. The molecule has 0 unspecified atom stereocenters. The first-order valence-electron chi connectivity index (χ1n) is 9.24. The van der Waals surface area contributed by atoms with Crippen molar-refractivity contribution >= 4 is 21.6 Å². The first-order valence-corrected chi connectivity index (χ1v) is 11.1. The van der Waals surface area contributed by atoms with Gasteiger partial charge >= 0.3 is 0 Å². The highest BCUT2D eigenvalue weighted by Gasteiger charge is 2.18. The molecule has 0 saturated heterocycles. The van der Waals surface area contributed by atoms with E-state index in [9.17, 15) is 13.2 Å². The maximum absolute atomic E-state index is 12.7. The van der Waals surface area contributed by atoms with Crippen LogP contribution in [0.25, 0.3) is 0 Å². The normalized spacial score (nSPS) is 12.3. The van der Waals surface area contributed by atoms with Crippen LogP contribution in [0.5, 0.6) is 0 Å².